The number of hydrogen-bond acceptors (Lipinski definition) is 4. The second kappa shape index (κ2) is 4.41. The first-order valence-electron chi connectivity index (χ1n) is 4.11. The number of pyridine rings is 1. The number of anilines is 1. The molecule has 0 amide bonds. The Kier molecular flexibility index (Phi) is 3.23. The quantitative estimate of drug-likeness (QED) is 0.565. The lowest BCUT2D eigenvalue weighted by Gasteiger charge is -2.00. The molecule has 0 atom stereocenters. The van der Waals surface area contributed by atoms with E-state index in [-0.39, 0.29) is 5.97 Å². The zero-order valence-electron chi connectivity index (χ0n) is 8.15. The van der Waals surface area contributed by atoms with E-state index in [0.717, 1.165) is 11.1 Å². The first kappa shape index (κ1) is 10.2. The summed E-state index contributed by atoms with van der Waals surface area (Å²) in [5.41, 5.74) is 7.08. The molecule has 0 fully saturated rings. The average Bonchev–Trinajstić information content (AvgIpc) is 2.18. The van der Waals surface area contributed by atoms with Gasteiger partial charge in [0.15, 0.2) is 0 Å². The Morgan fingerprint density at radius 1 is 1.57 bits per heavy atom. The fourth-order valence-electron chi connectivity index (χ4n) is 0.958. The molecule has 4 heteroatoms. The van der Waals surface area contributed by atoms with E-state index in [4.69, 9.17) is 5.73 Å². The van der Waals surface area contributed by atoms with Crippen molar-refractivity contribution >= 4 is 17.4 Å². The minimum Gasteiger partial charge on any atom is -0.466 e. The van der Waals surface area contributed by atoms with Gasteiger partial charge in [0.25, 0.3) is 0 Å². The number of carbonyl (C=O) groups is 1. The van der Waals surface area contributed by atoms with Crippen LogP contribution in [0.25, 0.3) is 5.57 Å². The van der Waals surface area contributed by atoms with Crippen LogP contribution >= 0.6 is 0 Å². The summed E-state index contributed by atoms with van der Waals surface area (Å²) in [6, 6.07) is 3.49. The van der Waals surface area contributed by atoms with Crippen molar-refractivity contribution in [2.45, 2.75) is 6.92 Å². The third-order valence-electron chi connectivity index (χ3n) is 1.78. The third-order valence-corrected chi connectivity index (χ3v) is 1.78. The molecule has 0 aliphatic heterocycles. The maximum absolute atomic E-state index is 10.9. The van der Waals surface area contributed by atoms with E-state index in [1.165, 1.54) is 13.2 Å². The van der Waals surface area contributed by atoms with E-state index in [0.29, 0.717) is 5.82 Å². The van der Waals surface area contributed by atoms with Gasteiger partial charge in [-0.05, 0) is 30.2 Å². The highest BCUT2D eigenvalue weighted by Crippen LogP contribution is 2.13. The summed E-state index contributed by atoms with van der Waals surface area (Å²) in [6.45, 7) is 1.81. The lowest BCUT2D eigenvalue weighted by molar-refractivity contribution is -0.134. The Labute approximate surface area is 82.4 Å². The minimum absolute atomic E-state index is 0.376. The van der Waals surface area contributed by atoms with Gasteiger partial charge in [-0.2, -0.15) is 0 Å². The van der Waals surface area contributed by atoms with Gasteiger partial charge in [0.2, 0.25) is 0 Å². The summed E-state index contributed by atoms with van der Waals surface area (Å²) in [5, 5.41) is 0. The highest BCUT2D eigenvalue weighted by molar-refractivity contribution is 5.90. The van der Waals surface area contributed by atoms with Crippen LogP contribution < -0.4 is 5.73 Å². The lowest BCUT2D eigenvalue weighted by Crippen LogP contribution is -1.96. The minimum atomic E-state index is -0.376. The van der Waals surface area contributed by atoms with Gasteiger partial charge < -0.3 is 10.5 Å². The molecule has 0 saturated carbocycles. The Morgan fingerprint density at radius 3 is 2.79 bits per heavy atom. The van der Waals surface area contributed by atoms with Crippen LogP contribution in [0.2, 0.25) is 0 Å². The van der Waals surface area contributed by atoms with E-state index in [9.17, 15) is 4.79 Å². The standard InChI is InChI=1S/C10H12N2O2/c1-7(5-10(13)14-2)8-3-4-9(11)12-6-8/h3-6H,1-2H3,(H2,11,12)/b7-5+. The van der Waals surface area contributed by atoms with Crippen LogP contribution in [-0.4, -0.2) is 18.1 Å². The Balaban J connectivity index is 2.89. The van der Waals surface area contributed by atoms with Crippen molar-refractivity contribution in [2.24, 2.45) is 0 Å². The van der Waals surface area contributed by atoms with E-state index in [1.807, 2.05) is 6.92 Å². The number of methoxy groups -OCH3 is 1. The average molecular weight is 192 g/mol. The zero-order chi connectivity index (χ0) is 10.6. The summed E-state index contributed by atoms with van der Waals surface area (Å²) in [7, 11) is 1.34. The highest BCUT2D eigenvalue weighted by Gasteiger charge is 1.99. The predicted octanol–water partition coefficient (Wildman–Crippen LogP) is 1.24. The van der Waals surface area contributed by atoms with Crippen LogP contribution in [0.1, 0.15) is 12.5 Å². The maximum atomic E-state index is 10.9. The number of hydrogen-bond donors (Lipinski definition) is 1. The number of esters is 1. The molecular weight excluding hydrogens is 180 g/mol. The van der Waals surface area contributed by atoms with E-state index in [2.05, 4.69) is 9.72 Å². The smallest absolute Gasteiger partial charge is 0.330 e. The number of nitrogen functional groups attached to an aromatic ring is 1. The van der Waals surface area contributed by atoms with Crippen molar-refractivity contribution in [3.05, 3.63) is 30.0 Å². The second-order valence-electron chi connectivity index (χ2n) is 2.82. The van der Waals surface area contributed by atoms with Gasteiger partial charge in [-0.1, -0.05) is 0 Å². The maximum Gasteiger partial charge on any atom is 0.330 e. The van der Waals surface area contributed by atoms with Crippen LogP contribution in [0.5, 0.6) is 0 Å². The van der Waals surface area contributed by atoms with Crippen LogP contribution in [0.4, 0.5) is 5.82 Å². The molecule has 1 aromatic rings. The van der Waals surface area contributed by atoms with Crippen LogP contribution in [-0.2, 0) is 9.53 Å². The summed E-state index contributed by atoms with van der Waals surface area (Å²) in [5.74, 6) is 0.0824. The molecule has 0 aromatic carbocycles. The number of allylic oxidation sites excluding steroid dienone is 1. The summed E-state index contributed by atoms with van der Waals surface area (Å²) in [6.07, 6.45) is 3.03. The molecule has 1 heterocycles. The van der Waals surface area contributed by atoms with E-state index >= 15 is 0 Å². The zero-order valence-corrected chi connectivity index (χ0v) is 8.15. The number of nitrogens with zero attached hydrogens (tertiary/aromatic N) is 1. The monoisotopic (exact) mass is 192 g/mol. The van der Waals surface area contributed by atoms with Crippen LogP contribution in [0.3, 0.4) is 0 Å². The third kappa shape index (κ3) is 2.58. The summed E-state index contributed by atoms with van der Waals surface area (Å²) < 4.78 is 4.51. The summed E-state index contributed by atoms with van der Waals surface area (Å²) in [4.78, 5) is 14.8. The molecule has 2 N–H and O–H groups in total. The number of ether oxygens (including phenoxy) is 1. The van der Waals surface area contributed by atoms with Gasteiger partial charge in [0.05, 0.1) is 7.11 Å². The molecule has 0 spiro atoms. The molecule has 1 rings (SSSR count). The number of carbonyl (C=O) groups excluding carboxylic acids is 1. The highest BCUT2D eigenvalue weighted by atomic mass is 16.5. The van der Waals surface area contributed by atoms with E-state index in [1.54, 1.807) is 18.3 Å². The van der Waals surface area contributed by atoms with Crippen molar-refractivity contribution in [3.8, 4) is 0 Å². The molecule has 74 valence electrons. The molecule has 0 radical (unpaired) electrons. The van der Waals surface area contributed by atoms with Crippen LogP contribution in [0, 0.1) is 0 Å². The Morgan fingerprint density at radius 2 is 2.29 bits per heavy atom. The molecular formula is C10H12N2O2. The van der Waals surface area contributed by atoms with Gasteiger partial charge in [-0.15, -0.1) is 0 Å². The topological polar surface area (TPSA) is 65.2 Å². The molecule has 4 nitrogen and oxygen atoms in total. The van der Waals surface area contributed by atoms with Gasteiger partial charge in [-0.3, -0.25) is 0 Å². The first-order chi connectivity index (χ1) is 6.63. The number of rotatable bonds is 2. The van der Waals surface area contributed by atoms with Crippen molar-refractivity contribution in [2.75, 3.05) is 12.8 Å². The largest absolute Gasteiger partial charge is 0.466 e. The SMILES string of the molecule is COC(=O)/C=C(\C)c1ccc(N)nc1. The van der Waals surface area contributed by atoms with Crippen molar-refractivity contribution in [1.29, 1.82) is 0 Å². The molecule has 0 aliphatic rings. The molecule has 14 heavy (non-hydrogen) atoms. The fourth-order valence-corrected chi connectivity index (χ4v) is 0.958. The van der Waals surface area contributed by atoms with Crippen LogP contribution in [0.15, 0.2) is 24.4 Å². The predicted molar refractivity (Wildman–Crippen MR) is 54.3 cm³/mol. The molecule has 0 aliphatic carbocycles. The van der Waals surface area contributed by atoms with Crippen molar-refractivity contribution in [1.82, 2.24) is 4.98 Å². The van der Waals surface area contributed by atoms with E-state index < -0.39 is 0 Å². The number of nitrogens with two attached hydrogens (primary N) is 1. The first-order valence-corrected chi connectivity index (χ1v) is 4.11. The van der Waals surface area contributed by atoms with Gasteiger partial charge in [0.1, 0.15) is 5.82 Å². The molecule has 0 saturated heterocycles. The number of aromatic nitrogens is 1. The summed E-state index contributed by atoms with van der Waals surface area (Å²) >= 11 is 0. The second-order valence-corrected chi connectivity index (χ2v) is 2.82. The van der Waals surface area contributed by atoms with Gasteiger partial charge >= 0.3 is 5.97 Å². The Hall–Kier alpha value is -1.84. The van der Waals surface area contributed by atoms with Gasteiger partial charge in [0, 0.05) is 12.3 Å². The molecule has 0 bridgehead atoms. The normalized spacial score (nSPS) is 11.1. The van der Waals surface area contributed by atoms with Gasteiger partial charge in [-0.25, -0.2) is 9.78 Å². The lowest BCUT2D eigenvalue weighted by atomic mass is 10.1. The van der Waals surface area contributed by atoms with Crippen molar-refractivity contribution < 1.29 is 9.53 Å². The van der Waals surface area contributed by atoms with Crippen molar-refractivity contribution in [3.63, 3.8) is 0 Å². The fraction of sp³-hybridized carbons (Fsp3) is 0.200. The molecule has 0 unspecified atom stereocenters. The Bertz CT molecular complexity index is 355. The molecule has 1 aromatic heterocycles.